The third-order valence-corrected chi connectivity index (χ3v) is 6.86. The second kappa shape index (κ2) is 11.6. The van der Waals surface area contributed by atoms with Gasteiger partial charge in [0, 0.05) is 46.8 Å². The Morgan fingerprint density at radius 3 is 2.61 bits per heavy atom. The van der Waals surface area contributed by atoms with Gasteiger partial charge in [0.05, 0.1) is 0 Å². The number of amides is 2. The molecular weight excluding hydrogens is 412 g/mol. The van der Waals surface area contributed by atoms with Crippen LogP contribution in [-0.2, 0) is 30.9 Å². The van der Waals surface area contributed by atoms with Crippen LogP contribution in [0.1, 0.15) is 30.9 Å². The van der Waals surface area contributed by atoms with Gasteiger partial charge in [0.2, 0.25) is 11.8 Å². The molecule has 2 atom stereocenters. The van der Waals surface area contributed by atoms with Crippen LogP contribution in [0.3, 0.4) is 0 Å². The van der Waals surface area contributed by atoms with Crippen molar-refractivity contribution in [2.24, 2.45) is 0 Å². The number of hydrogen-bond donors (Lipinski definition) is 2. The number of rotatable bonds is 8. The van der Waals surface area contributed by atoms with Gasteiger partial charge >= 0.3 is 0 Å². The van der Waals surface area contributed by atoms with Crippen LogP contribution in [0.25, 0.3) is 6.08 Å². The lowest BCUT2D eigenvalue weighted by atomic mass is 10.2. The van der Waals surface area contributed by atoms with Crippen molar-refractivity contribution in [2.45, 2.75) is 36.8 Å². The van der Waals surface area contributed by atoms with Crippen molar-refractivity contribution in [3.8, 4) is 0 Å². The predicted molar refractivity (Wildman–Crippen MR) is 124 cm³/mol. The molecule has 2 N–H and O–H groups in total. The molecule has 7 heteroatoms. The zero-order valence-corrected chi connectivity index (χ0v) is 18.4. The number of benzene rings is 2. The summed E-state index contributed by atoms with van der Waals surface area (Å²) in [5.41, 5.74) is 2.43. The Kier molecular flexibility index (Phi) is 8.55. The predicted octanol–water partition coefficient (Wildman–Crippen LogP) is 3.27. The summed E-state index contributed by atoms with van der Waals surface area (Å²) in [6.45, 7) is 2.96. The molecule has 0 bridgehead atoms. The molecule has 0 aliphatic carbocycles. The van der Waals surface area contributed by atoms with E-state index >= 15 is 0 Å². The molecule has 0 radical (unpaired) electrons. The average Bonchev–Trinajstić information content (AvgIpc) is 2.79. The van der Waals surface area contributed by atoms with Gasteiger partial charge in [-0.3, -0.25) is 13.8 Å². The quantitative estimate of drug-likeness (QED) is 0.617. The Balaban J connectivity index is 1.51. The number of carbonyl (C=O) groups is 2. The standard InChI is InChI=1S/C24H28N2O4S/c1-18(25-23(27)11-10-19-6-3-2-4-7-19)24(28)26-21-9-5-8-20(16-21)17-31(29)22-12-14-30-15-13-22/h2-11,16,18,22H,12-15,17H2,1H3,(H,25,27)(H,26,28)/b11-10+. The number of nitrogens with one attached hydrogen (secondary N) is 2. The van der Waals surface area contributed by atoms with E-state index in [9.17, 15) is 13.8 Å². The monoisotopic (exact) mass is 440 g/mol. The van der Waals surface area contributed by atoms with Crippen molar-refractivity contribution in [2.75, 3.05) is 18.5 Å². The molecular formula is C24H28N2O4S. The molecule has 6 nitrogen and oxygen atoms in total. The van der Waals surface area contributed by atoms with Crippen LogP contribution in [0.15, 0.2) is 60.7 Å². The Labute approximate surface area is 185 Å². The highest BCUT2D eigenvalue weighted by atomic mass is 32.2. The Hall–Kier alpha value is -2.77. The average molecular weight is 441 g/mol. The minimum atomic E-state index is -0.971. The van der Waals surface area contributed by atoms with E-state index in [2.05, 4.69) is 10.6 Å². The summed E-state index contributed by atoms with van der Waals surface area (Å²) in [4.78, 5) is 24.6. The molecule has 0 saturated carbocycles. The first-order chi connectivity index (χ1) is 15.0. The smallest absolute Gasteiger partial charge is 0.246 e. The van der Waals surface area contributed by atoms with Gasteiger partial charge in [-0.25, -0.2) is 0 Å². The lowest BCUT2D eigenvalue weighted by Gasteiger charge is -2.21. The van der Waals surface area contributed by atoms with E-state index in [0.717, 1.165) is 24.0 Å². The van der Waals surface area contributed by atoms with Crippen LogP contribution in [0, 0.1) is 0 Å². The van der Waals surface area contributed by atoms with Crippen molar-refractivity contribution >= 4 is 34.4 Å². The maximum absolute atomic E-state index is 12.6. The Bertz CT molecular complexity index is 940. The number of carbonyl (C=O) groups excluding carboxylic acids is 2. The minimum Gasteiger partial charge on any atom is -0.381 e. The fourth-order valence-corrected chi connectivity index (χ4v) is 4.74. The van der Waals surface area contributed by atoms with Gasteiger partial charge in [-0.05, 0) is 49.1 Å². The SMILES string of the molecule is CC(NC(=O)/C=C/c1ccccc1)C(=O)Nc1cccc(CS(=O)C2CCOCC2)c1. The molecule has 164 valence electrons. The van der Waals surface area contributed by atoms with Gasteiger partial charge < -0.3 is 15.4 Å². The summed E-state index contributed by atoms with van der Waals surface area (Å²) >= 11 is 0. The van der Waals surface area contributed by atoms with Gasteiger partial charge in [0.1, 0.15) is 6.04 Å². The van der Waals surface area contributed by atoms with Crippen molar-refractivity contribution in [1.29, 1.82) is 0 Å². The third kappa shape index (κ3) is 7.45. The minimum absolute atomic E-state index is 0.158. The maximum Gasteiger partial charge on any atom is 0.246 e. The number of ether oxygens (including phenoxy) is 1. The Morgan fingerprint density at radius 1 is 1.13 bits per heavy atom. The molecule has 2 aromatic rings. The highest BCUT2D eigenvalue weighted by Gasteiger charge is 2.20. The van der Waals surface area contributed by atoms with Crippen molar-refractivity contribution in [3.05, 3.63) is 71.8 Å². The summed E-state index contributed by atoms with van der Waals surface area (Å²) in [6, 6.07) is 16.1. The zero-order valence-electron chi connectivity index (χ0n) is 17.6. The second-order valence-electron chi connectivity index (χ2n) is 7.50. The van der Waals surface area contributed by atoms with Crippen LogP contribution >= 0.6 is 0 Å². The molecule has 1 aliphatic rings. The summed E-state index contributed by atoms with van der Waals surface area (Å²) in [5.74, 6) is -0.207. The van der Waals surface area contributed by atoms with Crippen molar-refractivity contribution in [3.63, 3.8) is 0 Å². The fourth-order valence-electron chi connectivity index (χ4n) is 3.27. The van der Waals surface area contributed by atoms with Crippen LogP contribution in [0.4, 0.5) is 5.69 Å². The lowest BCUT2D eigenvalue weighted by Crippen LogP contribution is -2.40. The van der Waals surface area contributed by atoms with Crippen LogP contribution in [0.2, 0.25) is 0 Å². The summed E-state index contributed by atoms with van der Waals surface area (Å²) in [7, 11) is -0.971. The maximum atomic E-state index is 12.6. The van der Waals surface area contributed by atoms with Gasteiger partial charge in [-0.2, -0.15) is 0 Å². The van der Waals surface area contributed by atoms with E-state index < -0.39 is 16.8 Å². The first kappa shape index (κ1) is 22.9. The zero-order chi connectivity index (χ0) is 22.1. The first-order valence-electron chi connectivity index (χ1n) is 10.4. The molecule has 2 unspecified atom stereocenters. The van der Waals surface area contributed by atoms with E-state index in [1.807, 2.05) is 48.5 Å². The number of anilines is 1. The molecule has 3 rings (SSSR count). The van der Waals surface area contributed by atoms with E-state index in [1.54, 1.807) is 19.1 Å². The molecule has 1 aliphatic heterocycles. The highest BCUT2D eigenvalue weighted by molar-refractivity contribution is 7.84. The second-order valence-corrected chi connectivity index (χ2v) is 9.22. The first-order valence-corrected chi connectivity index (χ1v) is 11.8. The van der Waals surface area contributed by atoms with Crippen molar-refractivity contribution < 1.29 is 18.5 Å². The van der Waals surface area contributed by atoms with Gasteiger partial charge in [-0.1, -0.05) is 42.5 Å². The molecule has 2 aromatic carbocycles. The van der Waals surface area contributed by atoms with E-state index in [-0.39, 0.29) is 17.1 Å². The Morgan fingerprint density at radius 2 is 1.87 bits per heavy atom. The van der Waals surface area contributed by atoms with Crippen LogP contribution in [0.5, 0.6) is 0 Å². The molecule has 1 fully saturated rings. The highest BCUT2D eigenvalue weighted by Crippen LogP contribution is 2.19. The molecule has 0 aromatic heterocycles. The molecule has 2 amide bonds. The summed E-state index contributed by atoms with van der Waals surface area (Å²) in [5, 5.41) is 5.64. The molecule has 1 heterocycles. The lowest BCUT2D eigenvalue weighted by molar-refractivity contribution is -0.123. The molecule has 31 heavy (non-hydrogen) atoms. The van der Waals surface area contributed by atoms with E-state index in [1.165, 1.54) is 6.08 Å². The van der Waals surface area contributed by atoms with Gasteiger partial charge in [-0.15, -0.1) is 0 Å². The topological polar surface area (TPSA) is 84.5 Å². The van der Waals surface area contributed by atoms with Crippen molar-refractivity contribution in [1.82, 2.24) is 5.32 Å². The number of hydrogen-bond acceptors (Lipinski definition) is 4. The van der Waals surface area contributed by atoms with Crippen LogP contribution in [-0.4, -0.2) is 40.5 Å². The molecule has 1 saturated heterocycles. The largest absolute Gasteiger partial charge is 0.381 e. The van der Waals surface area contributed by atoms with E-state index in [4.69, 9.17) is 4.74 Å². The van der Waals surface area contributed by atoms with Crippen LogP contribution < -0.4 is 10.6 Å². The van der Waals surface area contributed by atoms with Gasteiger partial charge in [0.15, 0.2) is 0 Å². The fraction of sp³-hybridized carbons (Fsp3) is 0.333. The summed E-state index contributed by atoms with van der Waals surface area (Å²) in [6.07, 6.45) is 4.74. The normalized spacial score (nSPS) is 16.5. The third-order valence-electron chi connectivity index (χ3n) is 5.02. The summed E-state index contributed by atoms with van der Waals surface area (Å²) < 4.78 is 17.9. The van der Waals surface area contributed by atoms with Gasteiger partial charge in [0.25, 0.3) is 0 Å². The molecule has 0 spiro atoms. The van der Waals surface area contributed by atoms with E-state index in [0.29, 0.717) is 24.7 Å².